The number of carboxylic acids is 1. The van der Waals surface area contributed by atoms with Crippen LogP contribution >= 0.6 is 0 Å². The van der Waals surface area contributed by atoms with Gasteiger partial charge in [-0.25, -0.2) is 0 Å². The van der Waals surface area contributed by atoms with Crippen molar-refractivity contribution in [3.05, 3.63) is 11.6 Å². The van der Waals surface area contributed by atoms with Gasteiger partial charge in [0.1, 0.15) is 0 Å². The minimum atomic E-state index is -0.919. The van der Waals surface area contributed by atoms with Crippen molar-refractivity contribution in [1.29, 1.82) is 0 Å². The van der Waals surface area contributed by atoms with E-state index in [0.29, 0.717) is 12.8 Å². The Hall–Kier alpha value is -0.870. The highest BCUT2D eigenvalue weighted by atomic mass is 16.4. The standard InChI is InChI=1S/C19H34O4/c1-2-3-4-5-6-7-8-9-10-11-17(20)15-12-13-18(21)16(15)14-19(22)23/h12,16-18,20-21H,2-11,13-14H2,1H3,(H,22,23). The lowest BCUT2D eigenvalue weighted by Gasteiger charge is -2.21. The molecule has 0 radical (unpaired) electrons. The summed E-state index contributed by atoms with van der Waals surface area (Å²) in [4.78, 5) is 10.9. The fourth-order valence-corrected chi connectivity index (χ4v) is 3.43. The molecule has 1 aliphatic carbocycles. The highest BCUT2D eigenvalue weighted by Gasteiger charge is 2.33. The monoisotopic (exact) mass is 326 g/mol. The molecule has 23 heavy (non-hydrogen) atoms. The molecule has 0 bridgehead atoms. The summed E-state index contributed by atoms with van der Waals surface area (Å²) in [5.74, 6) is -1.34. The second kappa shape index (κ2) is 11.6. The van der Waals surface area contributed by atoms with E-state index >= 15 is 0 Å². The predicted octanol–water partition coefficient (Wildman–Crippen LogP) is 4.05. The summed E-state index contributed by atoms with van der Waals surface area (Å²) in [6.45, 7) is 2.23. The van der Waals surface area contributed by atoms with Crippen LogP contribution in [-0.2, 0) is 4.79 Å². The van der Waals surface area contributed by atoms with E-state index in [4.69, 9.17) is 5.11 Å². The van der Waals surface area contributed by atoms with Crippen molar-refractivity contribution in [2.75, 3.05) is 0 Å². The predicted molar refractivity (Wildman–Crippen MR) is 92.3 cm³/mol. The number of hydrogen-bond donors (Lipinski definition) is 3. The first kappa shape index (κ1) is 20.2. The van der Waals surface area contributed by atoms with Gasteiger partial charge in [-0.15, -0.1) is 0 Å². The fourth-order valence-electron chi connectivity index (χ4n) is 3.43. The molecule has 4 nitrogen and oxygen atoms in total. The quantitative estimate of drug-likeness (QED) is 0.352. The largest absolute Gasteiger partial charge is 0.481 e. The molecule has 0 saturated carbocycles. The second-order valence-electron chi connectivity index (χ2n) is 6.84. The Morgan fingerprint density at radius 3 is 2.26 bits per heavy atom. The van der Waals surface area contributed by atoms with Gasteiger partial charge in [0.25, 0.3) is 0 Å². The van der Waals surface area contributed by atoms with Crippen LogP contribution in [0.15, 0.2) is 11.6 Å². The van der Waals surface area contributed by atoms with Gasteiger partial charge in [0.15, 0.2) is 0 Å². The average molecular weight is 326 g/mol. The maximum Gasteiger partial charge on any atom is 0.304 e. The van der Waals surface area contributed by atoms with Crippen LogP contribution in [0.5, 0.6) is 0 Å². The highest BCUT2D eigenvalue weighted by molar-refractivity contribution is 5.68. The molecule has 0 aliphatic heterocycles. The molecule has 0 aromatic heterocycles. The summed E-state index contributed by atoms with van der Waals surface area (Å²) in [6.07, 6.45) is 12.8. The number of carboxylic acid groups (broad SMARTS) is 1. The Morgan fingerprint density at radius 1 is 1.13 bits per heavy atom. The van der Waals surface area contributed by atoms with Crippen LogP contribution in [0, 0.1) is 5.92 Å². The van der Waals surface area contributed by atoms with E-state index in [2.05, 4.69) is 6.92 Å². The van der Waals surface area contributed by atoms with Crippen molar-refractivity contribution in [2.24, 2.45) is 5.92 Å². The van der Waals surface area contributed by atoms with Crippen LogP contribution in [0.1, 0.15) is 84.0 Å². The van der Waals surface area contributed by atoms with Crippen LogP contribution in [0.4, 0.5) is 0 Å². The molecule has 0 aromatic rings. The van der Waals surface area contributed by atoms with Crippen molar-refractivity contribution >= 4 is 5.97 Å². The van der Waals surface area contributed by atoms with E-state index in [-0.39, 0.29) is 6.42 Å². The smallest absolute Gasteiger partial charge is 0.304 e. The molecular weight excluding hydrogens is 292 g/mol. The molecule has 134 valence electrons. The molecule has 0 amide bonds. The van der Waals surface area contributed by atoms with Gasteiger partial charge in [0.05, 0.1) is 18.6 Å². The first-order chi connectivity index (χ1) is 11.1. The molecule has 4 heteroatoms. The molecule has 0 saturated heterocycles. The lowest BCUT2D eigenvalue weighted by Crippen LogP contribution is -2.25. The van der Waals surface area contributed by atoms with Crippen LogP contribution in [0.3, 0.4) is 0 Å². The minimum Gasteiger partial charge on any atom is -0.481 e. The Labute approximate surface area is 140 Å². The Bertz CT molecular complexity index is 364. The molecule has 0 heterocycles. The molecule has 1 rings (SSSR count). The lowest BCUT2D eigenvalue weighted by molar-refractivity contribution is -0.138. The average Bonchev–Trinajstić information content (AvgIpc) is 2.86. The topological polar surface area (TPSA) is 77.8 Å². The van der Waals surface area contributed by atoms with Gasteiger partial charge >= 0.3 is 5.97 Å². The number of hydrogen-bond acceptors (Lipinski definition) is 3. The van der Waals surface area contributed by atoms with Gasteiger partial charge in [0, 0.05) is 5.92 Å². The summed E-state index contributed by atoms with van der Waals surface area (Å²) in [5, 5.41) is 29.1. The summed E-state index contributed by atoms with van der Waals surface area (Å²) in [6, 6.07) is 0. The van der Waals surface area contributed by atoms with Crippen LogP contribution in [0.2, 0.25) is 0 Å². The molecule has 0 spiro atoms. The van der Waals surface area contributed by atoms with Crippen LogP contribution in [0.25, 0.3) is 0 Å². The van der Waals surface area contributed by atoms with Gasteiger partial charge < -0.3 is 15.3 Å². The molecule has 3 atom stereocenters. The second-order valence-corrected chi connectivity index (χ2v) is 6.84. The first-order valence-electron chi connectivity index (χ1n) is 9.34. The first-order valence-corrected chi connectivity index (χ1v) is 9.34. The Kier molecular flexibility index (Phi) is 10.2. The summed E-state index contributed by atoms with van der Waals surface area (Å²) < 4.78 is 0. The zero-order chi connectivity index (χ0) is 17.1. The van der Waals surface area contributed by atoms with Crippen LogP contribution in [-0.4, -0.2) is 33.5 Å². The number of aliphatic carboxylic acids is 1. The number of aliphatic hydroxyl groups excluding tert-OH is 2. The van der Waals surface area contributed by atoms with Crippen molar-refractivity contribution < 1.29 is 20.1 Å². The Morgan fingerprint density at radius 2 is 1.70 bits per heavy atom. The molecule has 3 unspecified atom stereocenters. The maximum atomic E-state index is 10.9. The van der Waals surface area contributed by atoms with E-state index in [1.807, 2.05) is 6.08 Å². The van der Waals surface area contributed by atoms with E-state index in [1.54, 1.807) is 0 Å². The maximum absolute atomic E-state index is 10.9. The number of carbonyl (C=O) groups is 1. The van der Waals surface area contributed by atoms with Crippen molar-refractivity contribution in [1.82, 2.24) is 0 Å². The highest BCUT2D eigenvalue weighted by Crippen LogP contribution is 2.33. The van der Waals surface area contributed by atoms with E-state index < -0.39 is 24.1 Å². The minimum absolute atomic E-state index is 0.0954. The van der Waals surface area contributed by atoms with E-state index in [9.17, 15) is 15.0 Å². The third kappa shape index (κ3) is 7.98. The van der Waals surface area contributed by atoms with Crippen molar-refractivity contribution in [3.8, 4) is 0 Å². The number of rotatable bonds is 13. The zero-order valence-corrected chi connectivity index (χ0v) is 14.5. The van der Waals surface area contributed by atoms with E-state index in [0.717, 1.165) is 18.4 Å². The zero-order valence-electron chi connectivity index (χ0n) is 14.5. The molecule has 3 N–H and O–H groups in total. The van der Waals surface area contributed by atoms with Crippen LogP contribution < -0.4 is 0 Å². The van der Waals surface area contributed by atoms with E-state index in [1.165, 1.54) is 44.9 Å². The molecule has 0 fully saturated rings. The van der Waals surface area contributed by atoms with Gasteiger partial charge in [-0.1, -0.05) is 70.8 Å². The van der Waals surface area contributed by atoms with Gasteiger partial charge in [-0.05, 0) is 18.4 Å². The lowest BCUT2D eigenvalue weighted by atomic mass is 9.90. The van der Waals surface area contributed by atoms with Crippen molar-refractivity contribution in [3.63, 3.8) is 0 Å². The molecule has 1 aliphatic rings. The third-order valence-electron chi connectivity index (χ3n) is 4.85. The summed E-state index contributed by atoms with van der Waals surface area (Å²) in [5.41, 5.74) is 0.736. The summed E-state index contributed by atoms with van der Waals surface area (Å²) in [7, 11) is 0. The SMILES string of the molecule is CCCCCCCCCCCC(O)C1=CCC(O)C1CC(=O)O. The summed E-state index contributed by atoms with van der Waals surface area (Å²) >= 11 is 0. The fraction of sp³-hybridized carbons (Fsp3) is 0.842. The van der Waals surface area contributed by atoms with Gasteiger partial charge in [-0.2, -0.15) is 0 Å². The normalized spacial score (nSPS) is 22.1. The molecular formula is C19H34O4. The van der Waals surface area contributed by atoms with Gasteiger partial charge in [-0.3, -0.25) is 4.79 Å². The Balaban J connectivity index is 2.13. The third-order valence-corrected chi connectivity index (χ3v) is 4.85. The number of unbranched alkanes of at least 4 members (excludes halogenated alkanes) is 8. The number of aliphatic hydroxyl groups is 2. The van der Waals surface area contributed by atoms with Crippen molar-refractivity contribution in [2.45, 2.75) is 96.2 Å². The molecule has 0 aromatic carbocycles. The van der Waals surface area contributed by atoms with Gasteiger partial charge in [0.2, 0.25) is 0 Å².